The maximum atomic E-state index is 12.3. The Balaban J connectivity index is 1.52. The number of carbonyl (C=O) groups is 2. The predicted molar refractivity (Wildman–Crippen MR) is 84.0 cm³/mol. The van der Waals surface area contributed by atoms with Crippen LogP contribution in [0.5, 0.6) is 0 Å². The van der Waals surface area contributed by atoms with Gasteiger partial charge in [0, 0.05) is 18.7 Å². The van der Waals surface area contributed by atoms with E-state index < -0.39 is 0 Å². The Hall–Kier alpha value is -2.47. The Labute approximate surface area is 134 Å². The summed E-state index contributed by atoms with van der Waals surface area (Å²) in [6, 6.07) is 8.97. The molecule has 1 unspecified atom stereocenters. The van der Waals surface area contributed by atoms with Gasteiger partial charge in [0.05, 0.1) is 23.4 Å². The smallest absolute Gasteiger partial charge is 0.261 e. The van der Waals surface area contributed by atoms with Crippen LogP contribution in [0.3, 0.4) is 0 Å². The van der Waals surface area contributed by atoms with Gasteiger partial charge in [0.15, 0.2) is 5.76 Å². The van der Waals surface area contributed by atoms with Gasteiger partial charge in [-0.1, -0.05) is 17.3 Å². The second kappa shape index (κ2) is 6.34. The summed E-state index contributed by atoms with van der Waals surface area (Å²) in [6.45, 7) is 4.86. The second-order valence-corrected chi connectivity index (χ2v) is 5.81. The number of nitrogens with zero attached hydrogens (tertiary/aromatic N) is 2. The highest BCUT2D eigenvalue weighted by Gasteiger charge is 2.34. The highest BCUT2D eigenvalue weighted by atomic mass is 16.5. The largest absolute Gasteiger partial charge is 0.360 e. The van der Waals surface area contributed by atoms with Gasteiger partial charge in [-0.2, -0.15) is 0 Å². The van der Waals surface area contributed by atoms with Gasteiger partial charge in [-0.15, -0.1) is 0 Å². The fourth-order valence-corrected chi connectivity index (χ4v) is 2.64. The molecule has 23 heavy (non-hydrogen) atoms. The van der Waals surface area contributed by atoms with Crippen LogP contribution in [0.2, 0.25) is 0 Å². The molecule has 0 aliphatic carbocycles. The molecule has 120 valence electrons. The van der Waals surface area contributed by atoms with Gasteiger partial charge in [-0.05, 0) is 32.4 Å². The number of aromatic nitrogens is 1. The number of amides is 2. The number of fused-ring (bicyclic) bond motifs is 1. The molecule has 1 aliphatic heterocycles. The van der Waals surface area contributed by atoms with Crippen LogP contribution < -0.4 is 5.32 Å². The number of rotatable bonds is 6. The molecule has 6 nitrogen and oxygen atoms in total. The molecule has 2 amide bonds. The quantitative estimate of drug-likeness (QED) is 0.827. The van der Waals surface area contributed by atoms with Crippen LogP contribution in [0.4, 0.5) is 0 Å². The average molecular weight is 313 g/mol. The van der Waals surface area contributed by atoms with E-state index in [0.717, 1.165) is 11.5 Å². The van der Waals surface area contributed by atoms with Crippen LogP contribution >= 0.6 is 0 Å². The summed E-state index contributed by atoms with van der Waals surface area (Å²) in [6.07, 6.45) is 0.679. The van der Waals surface area contributed by atoms with E-state index in [1.54, 1.807) is 24.3 Å². The van der Waals surface area contributed by atoms with E-state index in [0.29, 0.717) is 30.6 Å². The Bertz CT molecular complexity index is 703. The zero-order chi connectivity index (χ0) is 16.4. The topological polar surface area (TPSA) is 75.4 Å². The number of benzene rings is 1. The van der Waals surface area contributed by atoms with Crippen molar-refractivity contribution in [3.63, 3.8) is 0 Å². The number of imide groups is 1. The molecule has 1 aromatic carbocycles. The van der Waals surface area contributed by atoms with Crippen molar-refractivity contribution < 1.29 is 14.1 Å². The van der Waals surface area contributed by atoms with E-state index >= 15 is 0 Å². The maximum Gasteiger partial charge on any atom is 0.261 e. The van der Waals surface area contributed by atoms with E-state index in [1.165, 1.54) is 4.90 Å². The summed E-state index contributed by atoms with van der Waals surface area (Å²) in [7, 11) is 0. The Morgan fingerprint density at radius 2 is 1.87 bits per heavy atom. The normalized spacial score (nSPS) is 15.1. The van der Waals surface area contributed by atoms with Gasteiger partial charge < -0.3 is 9.84 Å². The third-order valence-corrected chi connectivity index (χ3v) is 3.97. The van der Waals surface area contributed by atoms with E-state index in [4.69, 9.17) is 4.52 Å². The van der Waals surface area contributed by atoms with E-state index in [2.05, 4.69) is 10.5 Å². The van der Waals surface area contributed by atoms with Crippen molar-refractivity contribution in [2.45, 2.75) is 32.9 Å². The molecule has 2 heterocycles. The average Bonchev–Trinajstić information content (AvgIpc) is 3.07. The number of hydrogen-bond acceptors (Lipinski definition) is 5. The zero-order valence-corrected chi connectivity index (χ0v) is 13.2. The molecule has 2 aromatic rings. The molecule has 0 fully saturated rings. The summed E-state index contributed by atoms with van der Waals surface area (Å²) in [5.41, 5.74) is 1.84. The Morgan fingerprint density at radius 1 is 1.22 bits per heavy atom. The van der Waals surface area contributed by atoms with Crippen molar-refractivity contribution >= 4 is 11.8 Å². The summed E-state index contributed by atoms with van der Waals surface area (Å²) < 4.78 is 5.14. The summed E-state index contributed by atoms with van der Waals surface area (Å²) >= 11 is 0. The van der Waals surface area contributed by atoms with Gasteiger partial charge >= 0.3 is 0 Å². The minimum absolute atomic E-state index is 0.143. The van der Waals surface area contributed by atoms with Crippen LogP contribution in [0.25, 0.3) is 0 Å². The van der Waals surface area contributed by atoms with Crippen LogP contribution in [0, 0.1) is 6.92 Å². The zero-order valence-electron chi connectivity index (χ0n) is 13.2. The highest BCUT2D eigenvalue weighted by Crippen LogP contribution is 2.22. The molecule has 0 spiro atoms. The first-order chi connectivity index (χ1) is 11.1. The number of nitrogens with one attached hydrogen (secondary N) is 1. The first-order valence-corrected chi connectivity index (χ1v) is 7.67. The van der Waals surface area contributed by atoms with Crippen molar-refractivity contribution in [3.05, 3.63) is 52.9 Å². The highest BCUT2D eigenvalue weighted by molar-refractivity contribution is 6.21. The number of carbonyl (C=O) groups excluding carboxylic acids is 2. The summed E-state index contributed by atoms with van der Waals surface area (Å²) in [4.78, 5) is 25.8. The van der Waals surface area contributed by atoms with Crippen LogP contribution in [-0.2, 0) is 6.54 Å². The van der Waals surface area contributed by atoms with E-state index in [9.17, 15) is 9.59 Å². The standard InChI is InChI=1S/C17H19N3O3/c1-11(18-10-13-9-12(2)19-23-13)7-8-20-16(21)14-5-3-4-6-15(14)17(20)22/h3-6,9,11,18H,7-8,10H2,1-2H3. The lowest BCUT2D eigenvalue weighted by molar-refractivity contribution is 0.0649. The minimum atomic E-state index is -0.205. The van der Waals surface area contributed by atoms with E-state index in [1.807, 2.05) is 19.9 Å². The molecule has 0 radical (unpaired) electrons. The first kappa shape index (κ1) is 15.4. The number of hydrogen-bond donors (Lipinski definition) is 1. The molecule has 1 atom stereocenters. The summed E-state index contributed by atoms with van der Waals surface area (Å²) in [5.74, 6) is 0.363. The van der Waals surface area contributed by atoms with Crippen molar-refractivity contribution in [1.82, 2.24) is 15.4 Å². The minimum Gasteiger partial charge on any atom is -0.360 e. The predicted octanol–water partition coefficient (Wildman–Crippen LogP) is 2.15. The lowest BCUT2D eigenvalue weighted by Gasteiger charge is -2.18. The molecule has 1 N–H and O–H groups in total. The number of aryl methyl sites for hydroxylation is 1. The molecular weight excluding hydrogens is 294 g/mol. The lowest BCUT2D eigenvalue weighted by atomic mass is 10.1. The van der Waals surface area contributed by atoms with Gasteiger partial charge in [0.1, 0.15) is 0 Å². The molecule has 1 aromatic heterocycles. The monoisotopic (exact) mass is 313 g/mol. The van der Waals surface area contributed by atoms with Crippen molar-refractivity contribution in [2.75, 3.05) is 6.54 Å². The van der Waals surface area contributed by atoms with Crippen molar-refractivity contribution in [1.29, 1.82) is 0 Å². The molecule has 1 aliphatic rings. The van der Waals surface area contributed by atoms with Crippen LogP contribution in [-0.4, -0.2) is 34.5 Å². The molecule has 0 saturated carbocycles. The van der Waals surface area contributed by atoms with E-state index in [-0.39, 0.29) is 17.9 Å². The molecular formula is C17H19N3O3. The van der Waals surface area contributed by atoms with Crippen LogP contribution in [0.15, 0.2) is 34.9 Å². The first-order valence-electron chi connectivity index (χ1n) is 7.67. The third-order valence-electron chi connectivity index (χ3n) is 3.97. The van der Waals surface area contributed by atoms with Gasteiger partial charge in [-0.3, -0.25) is 14.5 Å². The van der Waals surface area contributed by atoms with Crippen LogP contribution in [0.1, 0.15) is 45.5 Å². The van der Waals surface area contributed by atoms with Crippen molar-refractivity contribution in [3.8, 4) is 0 Å². The second-order valence-electron chi connectivity index (χ2n) is 5.81. The van der Waals surface area contributed by atoms with Gasteiger partial charge in [0.25, 0.3) is 11.8 Å². The maximum absolute atomic E-state index is 12.3. The molecule has 3 rings (SSSR count). The van der Waals surface area contributed by atoms with Gasteiger partial charge in [0.2, 0.25) is 0 Å². The summed E-state index contributed by atoms with van der Waals surface area (Å²) in [5, 5.41) is 7.14. The van der Waals surface area contributed by atoms with Gasteiger partial charge in [-0.25, -0.2) is 0 Å². The fourth-order valence-electron chi connectivity index (χ4n) is 2.64. The third kappa shape index (κ3) is 3.17. The fraction of sp³-hybridized carbons (Fsp3) is 0.353. The molecule has 0 bridgehead atoms. The Kier molecular flexibility index (Phi) is 4.25. The molecule has 6 heteroatoms. The molecule has 0 saturated heterocycles. The Morgan fingerprint density at radius 3 is 2.43 bits per heavy atom. The lowest BCUT2D eigenvalue weighted by Crippen LogP contribution is -2.35. The SMILES string of the molecule is Cc1cc(CNC(C)CCN2C(=O)c3ccccc3C2=O)on1. The van der Waals surface area contributed by atoms with Crippen molar-refractivity contribution in [2.24, 2.45) is 0 Å².